The Labute approximate surface area is 170 Å². The molecule has 2 aromatic rings. The summed E-state index contributed by atoms with van der Waals surface area (Å²) in [4.78, 5) is 26.7. The van der Waals surface area contributed by atoms with Gasteiger partial charge in [-0.1, -0.05) is 55.3 Å². The number of hydrogen-bond acceptors (Lipinski definition) is 2. The van der Waals surface area contributed by atoms with E-state index in [9.17, 15) is 14.7 Å². The van der Waals surface area contributed by atoms with Gasteiger partial charge in [0.1, 0.15) is 0 Å². The Hall–Kier alpha value is -2.53. The van der Waals surface area contributed by atoms with Gasteiger partial charge >= 0.3 is 6.09 Å². The fourth-order valence-corrected chi connectivity index (χ4v) is 4.59. The first kappa shape index (κ1) is 20.2. The third-order valence-corrected chi connectivity index (χ3v) is 5.96. The van der Waals surface area contributed by atoms with Crippen LogP contribution in [-0.2, 0) is 10.2 Å². The van der Waals surface area contributed by atoms with Crippen molar-refractivity contribution in [2.75, 3.05) is 18.9 Å². The zero-order chi connectivity index (χ0) is 20.3. The Morgan fingerprint density at radius 3 is 2.57 bits per heavy atom. The number of carboxylic acid groups (broad SMARTS) is 1. The van der Waals surface area contributed by atoms with Crippen LogP contribution in [0.15, 0.2) is 42.5 Å². The topological polar surface area (TPSA) is 69.6 Å². The quantitative estimate of drug-likeness (QED) is 0.723. The van der Waals surface area contributed by atoms with E-state index in [-0.39, 0.29) is 5.91 Å². The van der Waals surface area contributed by atoms with Crippen molar-refractivity contribution in [1.29, 1.82) is 0 Å². The predicted molar refractivity (Wildman–Crippen MR) is 112 cm³/mol. The zero-order valence-electron chi connectivity index (χ0n) is 16.2. The second kappa shape index (κ2) is 8.23. The van der Waals surface area contributed by atoms with Crippen LogP contribution < -0.4 is 5.32 Å². The summed E-state index contributed by atoms with van der Waals surface area (Å²) in [7, 11) is 1.83. The molecular formula is C22H25ClN2O3. The minimum atomic E-state index is -1.15. The van der Waals surface area contributed by atoms with Crippen LogP contribution in [0.5, 0.6) is 0 Å². The molecule has 1 aliphatic rings. The molecule has 1 atom stereocenters. The summed E-state index contributed by atoms with van der Waals surface area (Å²) in [5.74, 6) is 0.0408. The Morgan fingerprint density at radius 1 is 1.21 bits per heavy atom. The lowest BCUT2D eigenvalue weighted by Gasteiger charge is -2.36. The standard InChI is InChI=1S/C22H25ClN2O3/c1-3-22(13-7-8-14-25(2)20(22)26)19-16(23)11-12-17(24-21(27)28)18(19)15-9-5-4-6-10-15/h4-6,9-12,24H,3,7-8,13-14H2,1-2H3,(H,27,28). The monoisotopic (exact) mass is 400 g/mol. The first-order valence-corrected chi connectivity index (χ1v) is 9.92. The second-order valence-electron chi connectivity index (χ2n) is 7.26. The van der Waals surface area contributed by atoms with E-state index >= 15 is 0 Å². The molecule has 28 heavy (non-hydrogen) atoms. The number of rotatable bonds is 4. The molecule has 0 bridgehead atoms. The van der Waals surface area contributed by atoms with E-state index in [2.05, 4.69) is 5.32 Å². The highest BCUT2D eigenvalue weighted by molar-refractivity contribution is 6.32. The summed E-state index contributed by atoms with van der Waals surface area (Å²) < 4.78 is 0. The Bertz CT molecular complexity index is 885. The highest BCUT2D eigenvalue weighted by Gasteiger charge is 2.44. The summed E-state index contributed by atoms with van der Waals surface area (Å²) >= 11 is 6.71. The third kappa shape index (κ3) is 3.59. The van der Waals surface area contributed by atoms with Crippen LogP contribution in [-0.4, -0.2) is 35.6 Å². The molecule has 148 valence electrons. The number of halogens is 1. The van der Waals surface area contributed by atoms with Gasteiger partial charge in [0, 0.05) is 24.2 Å². The minimum absolute atomic E-state index is 0.0408. The Balaban J connectivity index is 2.35. The van der Waals surface area contributed by atoms with Crippen molar-refractivity contribution in [2.45, 2.75) is 38.0 Å². The van der Waals surface area contributed by atoms with E-state index in [1.165, 1.54) is 0 Å². The second-order valence-corrected chi connectivity index (χ2v) is 7.67. The van der Waals surface area contributed by atoms with E-state index < -0.39 is 11.5 Å². The maximum absolute atomic E-state index is 13.5. The van der Waals surface area contributed by atoms with Crippen LogP contribution in [0.2, 0.25) is 5.02 Å². The smallest absolute Gasteiger partial charge is 0.409 e. The van der Waals surface area contributed by atoms with Gasteiger partial charge in [-0.15, -0.1) is 0 Å². The Kier molecular flexibility index (Phi) is 5.94. The molecule has 1 aliphatic heterocycles. The molecule has 0 aromatic heterocycles. The van der Waals surface area contributed by atoms with Crippen molar-refractivity contribution in [3.63, 3.8) is 0 Å². The molecule has 1 heterocycles. The molecule has 1 unspecified atom stereocenters. The molecule has 0 saturated carbocycles. The number of anilines is 1. The number of amides is 2. The van der Waals surface area contributed by atoms with Crippen LogP contribution in [0.25, 0.3) is 11.1 Å². The molecule has 2 amide bonds. The normalized spacial score (nSPS) is 20.0. The first-order chi connectivity index (χ1) is 13.4. The summed E-state index contributed by atoms with van der Waals surface area (Å²) in [6.45, 7) is 2.71. The molecule has 6 heteroatoms. The van der Waals surface area contributed by atoms with Crippen molar-refractivity contribution in [1.82, 2.24) is 4.90 Å². The molecular weight excluding hydrogens is 376 g/mol. The number of carbonyl (C=O) groups is 2. The molecule has 0 radical (unpaired) electrons. The van der Waals surface area contributed by atoms with Gasteiger partial charge in [0.15, 0.2) is 0 Å². The third-order valence-electron chi connectivity index (χ3n) is 5.64. The molecule has 0 aliphatic carbocycles. The van der Waals surface area contributed by atoms with Gasteiger partial charge in [0.2, 0.25) is 5.91 Å². The predicted octanol–water partition coefficient (Wildman–Crippen LogP) is 5.39. The molecule has 3 rings (SSSR count). The van der Waals surface area contributed by atoms with Gasteiger partial charge in [0.25, 0.3) is 0 Å². The number of hydrogen-bond donors (Lipinski definition) is 2. The fraction of sp³-hybridized carbons (Fsp3) is 0.364. The molecule has 0 spiro atoms. The number of carbonyl (C=O) groups excluding carboxylic acids is 1. The number of nitrogens with one attached hydrogen (secondary N) is 1. The summed E-state index contributed by atoms with van der Waals surface area (Å²) in [6.07, 6.45) is 1.97. The van der Waals surface area contributed by atoms with Crippen LogP contribution in [0.3, 0.4) is 0 Å². The molecule has 2 N–H and O–H groups in total. The van der Waals surface area contributed by atoms with Crippen molar-refractivity contribution in [2.24, 2.45) is 0 Å². The van der Waals surface area contributed by atoms with Gasteiger partial charge in [-0.25, -0.2) is 4.79 Å². The maximum atomic E-state index is 13.5. The zero-order valence-corrected chi connectivity index (χ0v) is 16.9. The molecule has 1 fully saturated rings. The lowest BCUT2D eigenvalue weighted by atomic mass is 9.70. The van der Waals surface area contributed by atoms with Gasteiger partial charge < -0.3 is 10.0 Å². The van der Waals surface area contributed by atoms with E-state index in [1.807, 2.05) is 44.3 Å². The van der Waals surface area contributed by atoms with E-state index in [0.29, 0.717) is 41.2 Å². The van der Waals surface area contributed by atoms with Gasteiger partial charge in [-0.05, 0) is 42.5 Å². The summed E-state index contributed by atoms with van der Waals surface area (Å²) in [5, 5.41) is 12.3. The van der Waals surface area contributed by atoms with Gasteiger partial charge in [-0.2, -0.15) is 0 Å². The average molecular weight is 401 g/mol. The van der Waals surface area contributed by atoms with Crippen molar-refractivity contribution >= 4 is 29.3 Å². The van der Waals surface area contributed by atoms with Crippen molar-refractivity contribution < 1.29 is 14.7 Å². The number of nitrogens with zero attached hydrogens (tertiary/aromatic N) is 1. The van der Waals surface area contributed by atoms with E-state index in [4.69, 9.17) is 11.6 Å². The van der Waals surface area contributed by atoms with Crippen molar-refractivity contribution in [3.05, 3.63) is 53.1 Å². The summed E-state index contributed by atoms with van der Waals surface area (Å²) in [6, 6.07) is 12.9. The van der Waals surface area contributed by atoms with E-state index in [1.54, 1.807) is 17.0 Å². The number of likely N-dealkylation sites (N-methyl/N-ethyl adjacent to an activating group) is 1. The largest absolute Gasteiger partial charge is 0.465 e. The SMILES string of the molecule is CCC1(c2c(Cl)ccc(NC(=O)O)c2-c2ccccc2)CCCCN(C)C1=O. The average Bonchev–Trinajstić information content (AvgIpc) is 2.83. The van der Waals surface area contributed by atoms with Crippen LogP contribution in [0.4, 0.5) is 10.5 Å². The van der Waals surface area contributed by atoms with Crippen LogP contribution in [0, 0.1) is 0 Å². The lowest BCUT2D eigenvalue weighted by Crippen LogP contribution is -2.44. The number of benzene rings is 2. The number of likely N-dealkylation sites (tertiary alicyclic amines) is 1. The molecule has 2 aromatic carbocycles. The highest BCUT2D eigenvalue weighted by Crippen LogP contribution is 2.48. The molecule has 1 saturated heterocycles. The highest BCUT2D eigenvalue weighted by atomic mass is 35.5. The fourth-order valence-electron chi connectivity index (χ4n) is 4.26. The minimum Gasteiger partial charge on any atom is -0.465 e. The van der Waals surface area contributed by atoms with Gasteiger partial charge in [-0.3, -0.25) is 10.1 Å². The van der Waals surface area contributed by atoms with Gasteiger partial charge in [0.05, 0.1) is 11.1 Å². The lowest BCUT2D eigenvalue weighted by molar-refractivity contribution is -0.135. The van der Waals surface area contributed by atoms with E-state index in [0.717, 1.165) is 18.4 Å². The van der Waals surface area contributed by atoms with Crippen LogP contribution in [0.1, 0.15) is 38.2 Å². The maximum Gasteiger partial charge on any atom is 0.409 e. The van der Waals surface area contributed by atoms with Crippen molar-refractivity contribution in [3.8, 4) is 11.1 Å². The Morgan fingerprint density at radius 2 is 1.93 bits per heavy atom. The molecule has 5 nitrogen and oxygen atoms in total. The summed E-state index contributed by atoms with van der Waals surface area (Å²) in [5.41, 5.74) is 1.87. The van der Waals surface area contributed by atoms with Crippen LogP contribution >= 0.6 is 11.6 Å². The first-order valence-electron chi connectivity index (χ1n) is 9.54.